The van der Waals surface area contributed by atoms with Crippen molar-refractivity contribution in [3.05, 3.63) is 58.1 Å². The Labute approximate surface area is 162 Å². The Morgan fingerprint density at radius 2 is 1.85 bits per heavy atom. The van der Waals surface area contributed by atoms with Crippen molar-refractivity contribution in [1.82, 2.24) is 9.62 Å². The van der Waals surface area contributed by atoms with Gasteiger partial charge >= 0.3 is 0 Å². The summed E-state index contributed by atoms with van der Waals surface area (Å²) in [4.78, 5) is 14.2. The molecular weight excluding hydrogens is 372 g/mol. The predicted molar refractivity (Wildman–Crippen MR) is 105 cm³/mol. The molecule has 2 aromatic rings. The van der Waals surface area contributed by atoms with Gasteiger partial charge in [0.25, 0.3) is 5.24 Å². The maximum Gasteiger partial charge on any atom is 0.296 e. The van der Waals surface area contributed by atoms with E-state index in [2.05, 4.69) is 4.72 Å². The van der Waals surface area contributed by atoms with Crippen LogP contribution in [0.1, 0.15) is 23.1 Å². The number of aromatic hydroxyl groups is 2. The first kappa shape index (κ1) is 18.9. The second-order valence-electron chi connectivity index (χ2n) is 6.27. The zero-order chi connectivity index (χ0) is 18.5. The topological polar surface area (TPSA) is 72.8 Å². The number of aryl methyl sites for hydroxylation is 1. The number of carbonyl (C=O) groups is 1. The first-order chi connectivity index (χ1) is 12.5. The van der Waals surface area contributed by atoms with Gasteiger partial charge in [-0.25, -0.2) is 0 Å². The highest BCUT2D eigenvalue weighted by atomic mass is 35.5. The van der Waals surface area contributed by atoms with Crippen LogP contribution in [-0.4, -0.2) is 33.4 Å². The van der Waals surface area contributed by atoms with Gasteiger partial charge in [-0.15, -0.1) is 0 Å². The van der Waals surface area contributed by atoms with Crippen LogP contribution in [0.4, 0.5) is 4.79 Å². The van der Waals surface area contributed by atoms with E-state index in [0.29, 0.717) is 24.7 Å². The number of benzene rings is 2. The lowest BCUT2D eigenvalue weighted by Crippen LogP contribution is -2.29. The number of phenolic OH excluding ortho intramolecular Hbond substituents is 2. The Morgan fingerprint density at radius 1 is 1.15 bits per heavy atom. The maximum absolute atomic E-state index is 12.5. The number of halogens is 1. The molecule has 1 aliphatic rings. The summed E-state index contributed by atoms with van der Waals surface area (Å²) >= 11 is 6.96. The van der Waals surface area contributed by atoms with Crippen LogP contribution in [0.3, 0.4) is 0 Å². The second-order valence-corrected chi connectivity index (χ2v) is 7.55. The SMILES string of the molecule is O=C(SNCCc1ccc(Cl)cc1)N1CCCc2cc(O)c(O)cc2C1. The van der Waals surface area contributed by atoms with Gasteiger partial charge in [0.1, 0.15) is 0 Å². The highest BCUT2D eigenvalue weighted by molar-refractivity contribution is 8.11. The smallest absolute Gasteiger partial charge is 0.296 e. The van der Waals surface area contributed by atoms with Gasteiger partial charge in [0.05, 0.1) is 0 Å². The molecule has 3 rings (SSSR count). The van der Waals surface area contributed by atoms with E-state index in [1.807, 2.05) is 24.3 Å². The van der Waals surface area contributed by atoms with Crippen LogP contribution in [0.25, 0.3) is 0 Å². The van der Waals surface area contributed by atoms with Crippen molar-refractivity contribution >= 4 is 28.8 Å². The van der Waals surface area contributed by atoms with Gasteiger partial charge in [0.2, 0.25) is 0 Å². The number of fused-ring (bicyclic) bond motifs is 1. The molecule has 0 saturated heterocycles. The summed E-state index contributed by atoms with van der Waals surface area (Å²) in [7, 11) is 0. The fraction of sp³-hybridized carbons (Fsp3) is 0.316. The highest BCUT2D eigenvalue weighted by Crippen LogP contribution is 2.31. The third kappa shape index (κ3) is 4.84. The quantitative estimate of drug-likeness (QED) is 0.415. The Hall–Kier alpha value is -1.89. The molecule has 1 aliphatic heterocycles. The van der Waals surface area contributed by atoms with Crippen LogP contribution in [-0.2, 0) is 19.4 Å². The third-order valence-corrected chi connectivity index (χ3v) is 5.41. The van der Waals surface area contributed by atoms with Gasteiger partial charge in [-0.05, 0) is 60.2 Å². The molecule has 1 heterocycles. The van der Waals surface area contributed by atoms with Crippen molar-refractivity contribution in [1.29, 1.82) is 0 Å². The molecule has 0 aromatic heterocycles. The minimum atomic E-state index is -0.146. The van der Waals surface area contributed by atoms with Crippen LogP contribution in [0.2, 0.25) is 5.02 Å². The van der Waals surface area contributed by atoms with Gasteiger partial charge in [-0.3, -0.25) is 9.52 Å². The number of rotatable bonds is 4. The summed E-state index contributed by atoms with van der Waals surface area (Å²) in [5.74, 6) is -0.256. The van der Waals surface area contributed by atoms with Crippen molar-refractivity contribution in [2.75, 3.05) is 13.1 Å². The largest absolute Gasteiger partial charge is 0.504 e. The normalized spacial score (nSPS) is 14.0. The number of hydrogen-bond donors (Lipinski definition) is 3. The predicted octanol–water partition coefficient (Wildman–Crippen LogP) is 4.10. The van der Waals surface area contributed by atoms with Crippen molar-refractivity contribution in [3.63, 3.8) is 0 Å². The molecule has 0 unspecified atom stereocenters. The van der Waals surface area contributed by atoms with Gasteiger partial charge in [0.15, 0.2) is 11.5 Å². The fourth-order valence-corrected chi connectivity index (χ4v) is 3.71. The van der Waals surface area contributed by atoms with E-state index in [-0.39, 0.29) is 16.7 Å². The van der Waals surface area contributed by atoms with Gasteiger partial charge in [0, 0.05) is 36.6 Å². The number of nitrogens with one attached hydrogen (secondary N) is 1. The molecule has 0 radical (unpaired) electrons. The minimum Gasteiger partial charge on any atom is -0.504 e. The minimum absolute atomic E-state index is 0.0403. The van der Waals surface area contributed by atoms with E-state index in [9.17, 15) is 15.0 Å². The van der Waals surface area contributed by atoms with Crippen LogP contribution in [0.15, 0.2) is 36.4 Å². The Bertz CT molecular complexity index is 783. The summed E-state index contributed by atoms with van der Waals surface area (Å²) in [5.41, 5.74) is 3.03. The van der Waals surface area contributed by atoms with E-state index >= 15 is 0 Å². The van der Waals surface area contributed by atoms with E-state index in [0.717, 1.165) is 47.9 Å². The van der Waals surface area contributed by atoms with Crippen molar-refractivity contribution in [2.45, 2.75) is 25.8 Å². The van der Waals surface area contributed by atoms with Crippen LogP contribution >= 0.6 is 23.5 Å². The maximum atomic E-state index is 12.5. The van der Waals surface area contributed by atoms with E-state index in [1.165, 1.54) is 0 Å². The number of phenols is 2. The zero-order valence-electron chi connectivity index (χ0n) is 14.2. The molecule has 26 heavy (non-hydrogen) atoms. The highest BCUT2D eigenvalue weighted by Gasteiger charge is 2.20. The summed E-state index contributed by atoms with van der Waals surface area (Å²) in [5, 5.41) is 20.0. The molecule has 2 aromatic carbocycles. The van der Waals surface area contributed by atoms with E-state index < -0.39 is 0 Å². The number of nitrogens with zero attached hydrogens (tertiary/aromatic N) is 1. The number of carbonyl (C=O) groups excluding carboxylic acids is 1. The molecular formula is C19H21ClN2O3S. The lowest BCUT2D eigenvalue weighted by molar-refractivity contribution is 0.221. The van der Waals surface area contributed by atoms with Crippen molar-refractivity contribution < 1.29 is 15.0 Å². The second kappa shape index (κ2) is 8.66. The lowest BCUT2D eigenvalue weighted by atomic mass is 10.0. The van der Waals surface area contributed by atoms with E-state index in [1.54, 1.807) is 17.0 Å². The molecule has 3 N–H and O–H groups in total. The standard InChI is InChI=1S/C19H21ClN2O3S/c20-16-5-3-13(4-6-16)7-8-21-26-19(25)22-9-1-2-14-10-17(23)18(24)11-15(14)12-22/h3-6,10-11,21,23-24H,1-2,7-9,12H2. The molecule has 5 nitrogen and oxygen atoms in total. The van der Waals surface area contributed by atoms with Crippen LogP contribution < -0.4 is 4.72 Å². The molecule has 0 atom stereocenters. The molecule has 0 aliphatic carbocycles. The summed E-state index contributed by atoms with van der Waals surface area (Å²) in [6.07, 6.45) is 2.42. The van der Waals surface area contributed by atoms with E-state index in [4.69, 9.17) is 11.6 Å². The number of amides is 1. The van der Waals surface area contributed by atoms with Gasteiger partial charge in [-0.1, -0.05) is 23.7 Å². The molecule has 0 spiro atoms. The molecule has 7 heteroatoms. The van der Waals surface area contributed by atoms with Gasteiger partial charge in [-0.2, -0.15) is 0 Å². The third-order valence-electron chi connectivity index (χ3n) is 4.38. The van der Waals surface area contributed by atoms with Crippen molar-refractivity contribution in [3.8, 4) is 11.5 Å². The average Bonchev–Trinajstić information content (AvgIpc) is 2.83. The van der Waals surface area contributed by atoms with Crippen molar-refractivity contribution in [2.24, 2.45) is 0 Å². The lowest BCUT2D eigenvalue weighted by Gasteiger charge is -2.20. The first-order valence-electron chi connectivity index (χ1n) is 8.49. The van der Waals surface area contributed by atoms with Crippen LogP contribution in [0.5, 0.6) is 11.5 Å². The molecule has 1 amide bonds. The molecule has 0 fully saturated rings. The first-order valence-corrected chi connectivity index (χ1v) is 9.69. The summed E-state index contributed by atoms with van der Waals surface area (Å²) in [6.45, 7) is 1.77. The molecule has 138 valence electrons. The zero-order valence-corrected chi connectivity index (χ0v) is 15.8. The Kier molecular flexibility index (Phi) is 6.29. The van der Waals surface area contributed by atoms with Crippen LogP contribution in [0, 0.1) is 0 Å². The molecule has 0 bridgehead atoms. The monoisotopic (exact) mass is 392 g/mol. The van der Waals surface area contributed by atoms with Gasteiger partial charge < -0.3 is 15.1 Å². The summed E-state index contributed by atoms with van der Waals surface area (Å²) in [6, 6.07) is 10.8. The average molecular weight is 393 g/mol. The molecule has 0 saturated carbocycles. The Morgan fingerprint density at radius 3 is 2.58 bits per heavy atom. The number of hydrogen-bond acceptors (Lipinski definition) is 5. The Balaban J connectivity index is 1.51. The summed E-state index contributed by atoms with van der Waals surface area (Å²) < 4.78 is 3.11. The fourth-order valence-electron chi connectivity index (χ4n) is 2.97.